The van der Waals surface area contributed by atoms with Crippen molar-refractivity contribution in [2.45, 2.75) is 6.10 Å². The van der Waals surface area contributed by atoms with E-state index in [2.05, 4.69) is 11.9 Å². The van der Waals surface area contributed by atoms with Gasteiger partial charge in [-0.2, -0.15) is 0 Å². The maximum Gasteiger partial charge on any atom is 0.111 e. The van der Waals surface area contributed by atoms with Crippen LogP contribution in [0.2, 0.25) is 0 Å². The van der Waals surface area contributed by atoms with Gasteiger partial charge in [0, 0.05) is 6.54 Å². The van der Waals surface area contributed by atoms with Crippen molar-refractivity contribution in [2.24, 2.45) is 0 Å². The Labute approximate surface area is 73.2 Å². The predicted octanol–water partition coefficient (Wildman–Crippen LogP) is -0.257. The van der Waals surface area contributed by atoms with E-state index in [-0.39, 0.29) is 0 Å². The standard InChI is InChI=1S/C8H17NO3/c1-3-11-4-5-12-7-8(10)6-9-2/h3,8-10H,1,4-7H2,2H3/t8-/m0/s1. The van der Waals surface area contributed by atoms with Crippen LogP contribution in [0.1, 0.15) is 0 Å². The zero-order chi connectivity index (χ0) is 9.23. The Balaban J connectivity index is 3.02. The number of nitrogens with one attached hydrogen (secondary N) is 1. The number of aliphatic hydroxyl groups is 1. The van der Waals surface area contributed by atoms with Crippen LogP contribution in [0, 0.1) is 0 Å². The number of hydrogen-bond acceptors (Lipinski definition) is 4. The van der Waals surface area contributed by atoms with E-state index in [9.17, 15) is 0 Å². The second kappa shape index (κ2) is 8.52. The molecule has 12 heavy (non-hydrogen) atoms. The Morgan fingerprint density at radius 1 is 1.58 bits per heavy atom. The van der Waals surface area contributed by atoms with Gasteiger partial charge >= 0.3 is 0 Å². The van der Waals surface area contributed by atoms with Gasteiger partial charge in [0.05, 0.1) is 25.6 Å². The van der Waals surface area contributed by atoms with Gasteiger partial charge in [0.2, 0.25) is 0 Å². The predicted molar refractivity (Wildman–Crippen MR) is 46.9 cm³/mol. The number of aliphatic hydroxyl groups excluding tert-OH is 1. The van der Waals surface area contributed by atoms with Crippen LogP contribution in [0.25, 0.3) is 0 Å². The molecule has 0 heterocycles. The van der Waals surface area contributed by atoms with Gasteiger partial charge in [-0.1, -0.05) is 6.58 Å². The smallest absolute Gasteiger partial charge is 0.111 e. The minimum Gasteiger partial charge on any atom is -0.499 e. The van der Waals surface area contributed by atoms with Crippen molar-refractivity contribution in [2.75, 3.05) is 33.4 Å². The Morgan fingerprint density at radius 3 is 2.92 bits per heavy atom. The summed E-state index contributed by atoms with van der Waals surface area (Å²) in [7, 11) is 1.78. The summed E-state index contributed by atoms with van der Waals surface area (Å²) in [5, 5.41) is 12.0. The molecule has 0 radical (unpaired) electrons. The SMILES string of the molecule is C=COCCOC[C@@H](O)CNC. The minimum atomic E-state index is -0.446. The van der Waals surface area contributed by atoms with Crippen molar-refractivity contribution in [3.63, 3.8) is 0 Å². The van der Waals surface area contributed by atoms with E-state index < -0.39 is 6.10 Å². The highest BCUT2D eigenvalue weighted by Gasteiger charge is 2.00. The Hall–Kier alpha value is -0.580. The van der Waals surface area contributed by atoms with Gasteiger partial charge in [0.25, 0.3) is 0 Å². The van der Waals surface area contributed by atoms with Crippen molar-refractivity contribution in [3.8, 4) is 0 Å². The fourth-order valence-corrected chi connectivity index (χ4v) is 0.704. The monoisotopic (exact) mass is 175 g/mol. The quantitative estimate of drug-likeness (QED) is 0.394. The van der Waals surface area contributed by atoms with E-state index in [1.165, 1.54) is 6.26 Å². The average Bonchev–Trinajstić information content (AvgIpc) is 2.05. The Morgan fingerprint density at radius 2 is 2.33 bits per heavy atom. The molecule has 0 aliphatic rings. The molecule has 0 saturated carbocycles. The van der Waals surface area contributed by atoms with Gasteiger partial charge in [-0.25, -0.2) is 0 Å². The van der Waals surface area contributed by atoms with Crippen LogP contribution >= 0.6 is 0 Å². The molecular weight excluding hydrogens is 158 g/mol. The van der Waals surface area contributed by atoms with Crippen molar-refractivity contribution in [3.05, 3.63) is 12.8 Å². The molecule has 0 aromatic heterocycles. The van der Waals surface area contributed by atoms with Crippen LogP contribution in [0.3, 0.4) is 0 Å². The molecule has 1 atom stereocenters. The van der Waals surface area contributed by atoms with Crippen molar-refractivity contribution < 1.29 is 14.6 Å². The third-order valence-corrected chi connectivity index (χ3v) is 1.21. The molecule has 0 bridgehead atoms. The summed E-state index contributed by atoms with van der Waals surface area (Å²) in [6.45, 7) is 5.23. The lowest BCUT2D eigenvalue weighted by atomic mass is 10.4. The second-order valence-electron chi connectivity index (χ2n) is 2.32. The lowest BCUT2D eigenvalue weighted by molar-refractivity contribution is 0.0201. The number of rotatable bonds is 8. The molecule has 0 aliphatic carbocycles. The maximum absolute atomic E-state index is 9.16. The van der Waals surface area contributed by atoms with E-state index >= 15 is 0 Å². The minimum absolute atomic E-state index is 0.335. The topological polar surface area (TPSA) is 50.7 Å². The van der Waals surface area contributed by atoms with Gasteiger partial charge in [-0.05, 0) is 7.05 Å². The number of ether oxygens (including phenoxy) is 2. The first-order valence-corrected chi connectivity index (χ1v) is 3.94. The lowest BCUT2D eigenvalue weighted by Crippen LogP contribution is -2.28. The van der Waals surface area contributed by atoms with Gasteiger partial charge in [0.15, 0.2) is 0 Å². The molecular formula is C8H17NO3. The van der Waals surface area contributed by atoms with Crippen LogP contribution in [-0.4, -0.2) is 44.6 Å². The molecule has 72 valence electrons. The summed E-state index contributed by atoms with van der Waals surface area (Å²) in [6.07, 6.45) is 0.923. The summed E-state index contributed by atoms with van der Waals surface area (Å²) in [4.78, 5) is 0. The van der Waals surface area contributed by atoms with Crippen molar-refractivity contribution in [1.82, 2.24) is 5.32 Å². The van der Waals surface area contributed by atoms with Crippen molar-refractivity contribution in [1.29, 1.82) is 0 Å². The van der Waals surface area contributed by atoms with Gasteiger partial charge in [-0.3, -0.25) is 0 Å². The first-order chi connectivity index (χ1) is 5.81. The van der Waals surface area contributed by atoms with Crippen molar-refractivity contribution >= 4 is 0 Å². The third-order valence-electron chi connectivity index (χ3n) is 1.21. The van der Waals surface area contributed by atoms with Crippen LogP contribution in [0.15, 0.2) is 12.8 Å². The fraction of sp³-hybridized carbons (Fsp3) is 0.750. The van der Waals surface area contributed by atoms with Crippen LogP contribution in [0.5, 0.6) is 0 Å². The summed E-state index contributed by atoms with van der Waals surface area (Å²) in [5.74, 6) is 0. The van der Waals surface area contributed by atoms with Crippen LogP contribution in [0.4, 0.5) is 0 Å². The number of hydrogen-bond donors (Lipinski definition) is 2. The number of likely N-dealkylation sites (N-methyl/N-ethyl adjacent to an activating group) is 1. The van der Waals surface area contributed by atoms with E-state index in [0.29, 0.717) is 26.4 Å². The summed E-state index contributed by atoms with van der Waals surface area (Å²) >= 11 is 0. The summed E-state index contributed by atoms with van der Waals surface area (Å²) < 4.78 is 9.90. The van der Waals surface area contributed by atoms with Crippen LogP contribution in [-0.2, 0) is 9.47 Å². The Kier molecular flexibility index (Phi) is 8.10. The molecule has 0 amide bonds. The summed E-state index contributed by atoms with van der Waals surface area (Å²) in [5.41, 5.74) is 0. The third kappa shape index (κ3) is 7.53. The molecule has 4 nitrogen and oxygen atoms in total. The molecule has 0 saturated heterocycles. The van der Waals surface area contributed by atoms with Crippen LogP contribution < -0.4 is 5.32 Å². The van der Waals surface area contributed by atoms with E-state index in [1.807, 2.05) is 0 Å². The molecule has 0 unspecified atom stereocenters. The summed E-state index contributed by atoms with van der Waals surface area (Å²) in [6, 6.07) is 0. The zero-order valence-corrected chi connectivity index (χ0v) is 7.45. The first kappa shape index (κ1) is 11.4. The van der Waals surface area contributed by atoms with E-state index in [0.717, 1.165) is 0 Å². The molecule has 0 aliphatic heterocycles. The second-order valence-corrected chi connectivity index (χ2v) is 2.32. The fourth-order valence-electron chi connectivity index (χ4n) is 0.704. The average molecular weight is 175 g/mol. The maximum atomic E-state index is 9.16. The molecule has 0 fully saturated rings. The molecule has 2 N–H and O–H groups in total. The molecule has 0 aromatic rings. The molecule has 0 spiro atoms. The molecule has 4 heteroatoms. The Bertz CT molecular complexity index is 108. The van der Waals surface area contributed by atoms with Gasteiger partial charge in [-0.15, -0.1) is 0 Å². The highest BCUT2D eigenvalue weighted by molar-refractivity contribution is 4.55. The highest BCUT2D eigenvalue weighted by atomic mass is 16.5. The lowest BCUT2D eigenvalue weighted by Gasteiger charge is -2.09. The molecule has 0 aromatic carbocycles. The van der Waals surface area contributed by atoms with E-state index in [1.54, 1.807) is 7.05 Å². The molecule has 0 rings (SSSR count). The first-order valence-electron chi connectivity index (χ1n) is 3.94. The normalized spacial score (nSPS) is 12.5. The van der Waals surface area contributed by atoms with Gasteiger partial charge < -0.3 is 19.9 Å². The highest BCUT2D eigenvalue weighted by Crippen LogP contribution is 1.84. The zero-order valence-electron chi connectivity index (χ0n) is 7.45. The van der Waals surface area contributed by atoms with E-state index in [4.69, 9.17) is 14.6 Å². The van der Waals surface area contributed by atoms with Gasteiger partial charge in [0.1, 0.15) is 6.61 Å². The largest absolute Gasteiger partial charge is 0.499 e.